The van der Waals surface area contributed by atoms with Crippen molar-refractivity contribution in [2.45, 2.75) is 13.5 Å². The third-order valence-electron chi connectivity index (χ3n) is 5.07. The third-order valence-corrected chi connectivity index (χ3v) is 5.07. The Balaban J connectivity index is 1.79. The molecule has 0 aliphatic heterocycles. The van der Waals surface area contributed by atoms with Crippen LogP contribution in [0.3, 0.4) is 0 Å². The predicted molar refractivity (Wildman–Crippen MR) is 122 cm³/mol. The quantitative estimate of drug-likeness (QED) is 0.395. The number of anilines is 1. The van der Waals surface area contributed by atoms with E-state index in [1.54, 1.807) is 24.2 Å². The Morgan fingerprint density at radius 1 is 1.37 bits per heavy atom. The summed E-state index contributed by atoms with van der Waals surface area (Å²) in [6.07, 6.45) is 3.52. The Hall–Kier alpha value is -3.62. The lowest BCUT2D eigenvalue weighted by Gasteiger charge is -2.18. The summed E-state index contributed by atoms with van der Waals surface area (Å²) in [5.41, 5.74) is 5.16. The molecule has 0 saturated heterocycles. The smallest absolute Gasteiger partial charge is 0.220 e. The lowest BCUT2D eigenvalue weighted by atomic mass is 10.2. The molecule has 9 heteroatoms. The van der Waals surface area contributed by atoms with Gasteiger partial charge in [0.05, 0.1) is 35.5 Å². The summed E-state index contributed by atoms with van der Waals surface area (Å²) >= 11 is 0. The molecule has 0 radical (unpaired) electrons. The average molecular weight is 401 g/mol. The molecule has 30 heavy (non-hydrogen) atoms. The summed E-state index contributed by atoms with van der Waals surface area (Å²) in [5.74, 6) is 0.807. The van der Waals surface area contributed by atoms with Crippen LogP contribution < -0.4 is 4.81 Å². The van der Waals surface area contributed by atoms with Crippen molar-refractivity contribution < 1.29 is 4.79 Å². The summed E-state index contributed by atoms with van der Waals surface area (Å²) in [7, 11) is 5.90. The number of amides is 1. The SMILES string of the molecule is BN(C)c1nc2[nH]c(-c3cccc(CN(CC=C)C(C)=O)n3)cc2c2c1ncn2C. The number of hydrogen-bond donors (Lipinski definition) is 1. The van der Waals surface area contributed by atoms with E-state index in [1.807, 2.05) is 49.7 Å². The van der Waals surface area contributed by atoms with Gasteiger partial charge >= 0.3 is 0 Å². The van der Waals surface area contributed by atoms with Gasteiger partial charge in [-0.25, -0.2) is 15.0 Å². The second-order valence-corrected chi connectivity index (χ2v) is 7.53. The van der Waals surface area contributed by atoms with E-state index >= 15 is 0 Å². The zero-order valence-corrected chi connectivity index (χ0v) is 17.7. The van der Waals surface area contributed by atoms with Crippen LogP contribution in [0.4, 0.5) is 5.82 Å². The second kappa shape index (κ2) is 7.66. The number of aromatic amines is 1. The van der Waals surface area contributed by atoms with Crippen molar-refractivity contribution in [3.05, 3.63) is 48.9 Å². The first kappa shape index (κ1) is 19.7. The first-order chi connectivity index (χ1) is 14.4. The zero-order valence-electron chi connectivity index (χ0n) is 17.7. The van der Waals surface area contributed by atoms with Gasteiger partial charge in [0.2, 0.25) is 13.9 Å². The Bertz CT molecular complexity index is 1260. The number of aryl methyl sites for hydroxylation is 1. The first-order valence-electron chi connectivity index (χ1n) is 9.72. The molecule has 8 nitrogen and oxygen atoms in total. The minimum atomic E-state index is -0.00766. The molecule has 4 aromatic rings. The minimum Gasteiger partial charge on any atom is -0.408 e. The van der Waals surface area contributed by atoms with Gasteiger partial charge in [-0.2, -0.15) is 0 Å². The van der Waals surface area contributed by atoms with Crippen LogP contribution >= 0.6 is 0 Å². The lowest BCUT2D eigenvalue weighted by molar-refractivity contribution is -0.128. The van der Waals surface area contributed by atoms with Crippen molar-refractivity contribution in [1.29, 1.82) is 0 Å². The number of pyridine rings is 2. The highest BCUT2D eigenvalue weighted by Crippen LogP contribution is 2.32. The Morgan fingerprint density at radius 2 is 2.17 bits per heavy atom. The molecule has 0 fully saturated rings. The highest BCUT2D eigenvalue weighted by molar-refractivity contribution is 6.20. The maximum absolute atomic E-state index is 11.9. The maximum Gasteiger partial charge on any atom is 0.220 e. The van der Waals surface area contributed by atoms with Gasteiger partial charge in [-0.3, -0.25) is 4.79 Å². The van der Waals surface area contributed by atoms with E-state index in [0.29, 0.717) is 13.1 Å². The largest absolute Gasteiger partial charge is 0.408 e. The Labute approximate surface area is 175 Å². The van der Waals surface area contributed by atoms with Gasteiger partial charge in [0.25, 0.3) is 0 Å². The molecule has 0 atom stereocenters. The fourth-order valence-electron chi connectivity index (χ4n) is 3.61. The van der Waals surface area contributed by atoms with Crippen molar-refractivity contribution in [1.82, 2.24) is 29.4 Å². The normalized spacial score (nSPS) is 11.2. The minimum absolute atomic E-state index is 0.00766. The van der Waals surface area contributed by atoms with E-state index in [2.05, 4.69) is 22.6 Å². The monoisotopic (exact) mass is 401 g/mol. The van der Waals surface area contributed by atoms with Crippen LogP contribution in [0, 0.1) is 0 Å². The van der Waals surface area contributed by atoms with E-state index in [-0.39, 0.29) is 5.91 Å². The molecular formula is C21H24BN7O. The molecule has 0 saturated carbocycles. The third kappa shape index (κ3) is 3.43. The highest BCUT2D eigenvalue weighted by atomic mass is 16.2. The molecule has 1 amide bonds. The number of imidazole rings is 1. The van der Waals surface area contributed by atoms with Crippen LogP contribution in [0.1, 0.15) is 12.6 Å². The lowest BCUT2D eigenvalue weighted by Crippen LogP contribution is -2.28. The Kier molecular flexibility index (Phi) is 5.03. The summed E-state index contributed by atoms with van der Waals surface area (Å²) < 4.78 is 2.01. The van der Waals surface area contributed by atoms with Crippen LogP contribution in [0.15, 0.2) is 43.2 Å². The second-order valence-electron chi connectivity index (χ2n) is 7.53. The van der Waals surface area contributed by atoms with E-state index in [4.69, 9.17) is 9.97 Å². The molecule has 0 aliphatic carbocycles. The fraction of sp³-hybridized carbons (Fsp3) is 0.238. The topological polar surface area (TPSA) is 82.9 Å². The fourth-order valence-corrected chi connectivity index (χ4v) is 3.61. The van der Waals surface area contributed by atoms with Crippen molar-refractivity contribution in [3.8, 4) is 11.4 Å². The van der Waals surface area contributed by atoms with Crippen LogP contribution in [0.25, 0.3) is 33.5 Å². The predicted octanol–water partition coefficient (Wildman–Crippen LogP) is 2.03. The summed E-state index contributed by atoms with van der Waals surface area (Å²) in [5, 5.41) is 0.995. The number of fused-ring (bicyclic) bond motifs is 3. The van der Waals surface area contributed by atoms with Gasteiger partial charge in [0.15, 0.2) is 0 Å². The number of H-pyrrole nitrogens is 1. The van der Waals surface area contributed by atoms with Gasteiger partial charge < -0.3 is 19.3 Å². The number of aromatic nitrogens is 5. The first-order valence-corrected chi connectivity index (χ1v) is 9.72. The zero-order chi connectivity index (χ0) is 21.4. The molecule has 0 bridgehead atoms. The molecule has 152 valence electrons. The number of carbonyl (C=O) groups excluding carboxylic acids is 1. The summed E-state index contributed by atoms with van der Waals surface area (Å²) in [6, 6.07) is 7.89. The van der Waals surface area contributed by atoms with Crippen LogP contribution in [-0.2, 0) is 18.4 Å². The van der Waals surface area contributed by atoms with E-state index in [9.17, 15) is 4.79 Å². The van der Waals surface area contributed by atoms with Gasteiger partial charge in [0.1, 0.15) is 17.0 Å². The molecule has 0 aromatic carbocycles. The molecule has 4 rings (SSSR count). The molecular weight excluding hydrogens is 377 g/mol. The summed E-state index contributed by atoms with van der Waals surface area (Å²) in [4.78, 5) is 33.0. The van der Waals surface area contributed by atoms with Gasteiger partial charge in [-0.05, 0) is 25.2 Å². The number of rotatable bonds is 6. The number of carbonyl (C=O) groups is 1. The number of nitrogens with one attached hydrogen (secondary N) is 1. The summed E-state index contributed by atoms with van der Waals surface area (Å²) in [6.45, 7) is 6.20. The number of nitrogens with zero attached hydrogens (tertiary/aromatic N) is 6. The van der Waals surface area contributed by atoms with Crippen LogP contribution in [0.5, 0.6) is 0 Å². The maximum atomic E-state index is 11.9. The van der Waals surface area contributed by atoms with Gasteiger partial charge in [-0.1, -0.05) is 12.1 Å². The Morgan fingerprint density at radius 3 is 2.87 bits per heavy atom. The van der Waals surface area contributed by atoms with Crippen LogP contribution in [-0.4, -0.2) is 56.9 Å². The average Bonchev–Trinajstić information content (AvgIpc) is 3.30. The standard InChI is InChI=1S/C21H24BN7O/c1-5-9-29(13(2)30)11-14-7-6-8-16(24-14)17-10-15-19-18(23-12-27(19)3)21(28(4)22)26-20(15)25-17/h5-8,10,12H,1,9,11,22H2,2-4H3,(H,25,26). The van der Waals surface area contributed by atoms with Crippen molar-refractivity contribution in [2.75, 3.05) is 18.4 Å². The molecule has 4 aromatic heterocycles. The van der Waals surface area contributed by atoms with E-state index in [0.717, 1.165) is 45.0 Å². The van der Waals surface area contributed by atoms with E-state index < -0.39 is 0 Å². The van der Waals surface area contributed by atoms with Gasteiger partial charge in [-0.15, -0.1) is 6.58 Å². The number of hydrogen-bond acceptors (Lipinski definition) is 5. The van der Waals surface area contributed by atoms with E-state index in [1.165, 1.54) is 0 Å². The van der Waals surface area contributed by atoms with Crippen molar-refractivity contribution in [2.24, 2.45) is 7.05 Å². The molecule has 0 aliphatic rings. The highest BCUT2D eigenvalue weighted by Gasteiger charge is 2.17. The molecule has 4 heterocycles. The molecule has 0 spiro atoms. The molecule has 1 N–H and O–H groups in total. The molecule has 0 unspecified atom stereocenters. The van der Waals surface area contributed by atoms with Crippen LogP contribution in [0.2, 0.25) is 0 Å². The van der Waals surface area contributed by atoms with Crippen molar-refractivity contribution in [3.63, 3.8) is 0 Å². The van der Waals surface area contributed by atoms with Crippen molar-refractivity contribution >= 4 is 41.8 Å². The van der Waals surface area contributed by atoms with Gasteiger partial charge in [0, 0.05) is 25.9 Å².